The molecule has 2 rings (SSSR count). The van der Waals surface area contributed by atoms with Crippen LogP contribution in [0.15, 0.2) is 5.38 Å². The van der Waals surface area contributed by atoms with Crippen LogP contribution >= 0.6 is 11.5 Å². The first-order valence-corrected chi connectivity index (χ1v) is 5.36. The van der Waals surface area contributed by atoms with Crippen LogP contribution in [0.25, 0.3) is 11.5 Å². The Hall–Kier alpha value is -1.90. The van der Waals surface area contributed by atoms with Crippen molar-refractivity contribution in [2.75, 3.05) is 0 Å². The third kappa shape index (κ3) is 2.37. The maximum Gasteiger partial charge on any atom is 0.303 e. The number of nitrogens with zero attached hydrogens (tertiary/aromatic N) is 6. The van der Waals surface area contributed by atoms with Gasteiger partial charge in [0.1, 0.15) is 5.69 Å². The number of rotatable bonds is 5. The van der Waals surface area contributed by atoms with E-state index in [4.69, 9.17) is 5.11 Å². The fourth-order valence-electron chi connectivity index (χ4n) is 1.18. The minimum absolute atomic E-state index is 0.0919. The molecule has 0 aliphatic heterocycles. The molecule has 0 aliphatic rings. The van der Waals surface area contributed by atoms with E-state index < -0.39 is 5.97 Å². The van der Waals surface area contributed by atoms with Crippen LogP contribution in [0.2, 0.25) is 0 Å². The summed E-state index contributed by atoms with van der Waals surface area (Å²) in [6.45, 7) is 0.451. The first-order valence-electron chi connectivity index (χ1n) is 4.53. The molecule has 2 heterocycles. The molecular formula is C7H8N6O2S. The normalized spacial score (nSPS) is 10.5. The summed E-state index contributed by atoms with van der Waals surface area (Å²) in [4.78, 5) is 10.4. The van der Waals surface area contributed by atoms with Gasteiger partial charge in [-0.15, -0.1) is 10.2 Å². The fourth-order valence-corrected chi connectivity index (χ4v) is 1.62. The number of tetrazole rings is 1. The summed E-state index contributed by atoms with van der Waals surface area (Å²) >= 11 is 1.21. The van der Waals surface area contributed by atoms with Crippen LogP contribution in [0.5, 0.6) is 0 Å². The zero-order valence-electron chi connectivity index (χ0n) is 8.15. The fraction of sp³-hybridized carbons (Fsp3) is 0.429. The Kier molecular flexibility index (Phi) is 3.15. The highest BCUT2D eigenvalue weighted by atomic mass is 32.1. The number of hydrogen-bond donors (Lipinski definition) is 1. The van der Waals surface area contributed by atoms with E-state index in [-0.39, 0.29) is 6.42 Å². The van der Waals surface area contributed by atoms with Crippen molar-refractivity contribution in [3.63, 3.8) is 0 Å². The van der Waals surface area contributed by atoms with Gasteiger partial charge in [0.25, 0.3) is 0 Å². The predicted octanol–water partition coefficient (Wildman–Crippen LogP) is 0.0564. The molecule has 0 aliphatic carbocycles. The third-order valence-corrected chi connectivity index (χ3v) is 2.39. The maximum absolute atomic E-state index is 10.4. The van der Waals surface area contributed by atoms with Gasteiger partial charge >= 0.3 is 5.97 Å². The molecule has 0 atom stereocenters. The molecule has 0 aromatic carbocycles. The van der Waals surface area contributed by atoms with E-state index in [1.54, 1.807) is 5.38 Å². The molecule has 0 fully saturated rings. The van der Waals surface area contributed by atoms with Gasteiger partial charge in [0.05, 0.1) is 0 Å². The summed E-state index contributed by atoms with van der Waals surface area (Å²) in [6, 6.07) is 0. The first kappa shape index (κ1) is 10.6. The SMILES string of the molecule is O=C(O)CCCn1nnnc1-c1csnn1. The number of carboxylic acid groups (broad SMARTS) is 1. The van der Waals surface area contributed by atoms with Gasteiger partial charge in [-0.1, -0.05) is 4.49 Å². The van der Waals surface area contributed by atoms with E-state index in [1.807, 2.05) is 0 Å². The minimum atomic E-state index is -0.829. The van der Waals surface area contributed by atoms with E-state index in [1.165, 1.54) is 16.2 Å². The molecule has 0 saturated heterocycles. The van der Waals surface area contributed by atoms with Gasteiger partial charge in [-0.05, 0) is 28.4 Å². The van der Waals surface area contributed by atoms with Crippen molar-refractivity contribution >= 4 is 17.5 Å². The largest absolute Gasteiger partial charge is 0.481 e. The Labute approximate surface area is 94.1 Å². The average molecular weight is 240 g/mol. The lowest BCUT2D eigenvalue weighted by atomic mass is 10.3. The Bertz CT molecular complexity index is 467. The van der Waals surface area contributed by atoms with Gasteiger partial charge in [-0.25, -0.2) is 4.68 Å². The van der Waals surface area contributed by atoms with Crippen LogP contribution in [-0.2, 0) is 11.3 Å². The van der Waals surface area contributed by atoms with Crippen molar-refractivity contribution in [2.24, 2.45) is 0 Å². The first-order chi connectivity index (χ1) is 7.77. The van der Waals surface area contributed by atoms with Crippen LogP contribution < -0.4 is 0 Å². The van der Waals surface area contributed by atoms with Gasteiger partial charge in [0.2, 0.25) is 5.82 Å². The highest BCUT2D eigenvalue weighted by Gasteiger charge is 2.11. The average Bonchev–Trinajstić information content (AvgIpc) is 2.84. The van der Waals surface area contributed by atoms with Crippen molar-refractivity contribution in [3.8, 4) is 11.5 Å². The topological polar surface area (TPSA) is 107 Å². The molecule has 0 saturated carbocycles. The van der Waals surface area contributed by atoms with E-state index in [0.717, 1.165) is 0 Å². The van der Waals surface area contributed by atoms with Gasteiger partial charge in [-0.2, -0.15) is 0 Å². The number of hydrogen-bond acceptors (Lipinski definition) is 7. The predicted molar refractivity (Wildman–Crippen MR) is 53.6 cm³/mol. The lowest BCUT2D eigenvalue weighted by Gasteiger charge is -2.00. The molecule has 2 aromatic heterocycles. The lowest BCUT2D eigenvalue weighted by Crippen LogP contribution is -2.05. The van der Waals surface area contributed by atoms with E-state index in [0.29, 0.717) is 24.5 Å². The van der Waals surface area contributed by atoms with Crippen LogP contribution in [0.3, 0.4) is 0 Å². The van der Waals surface area contributed by atoms with Crippen LogP contribution in [0.4, 0.5) is 0 Å². The Morgan fingerprint density at radius 1 is 1.50 bits per heavy atom. The quantitative estimate of drug-likeness (QED) is 0.787. The summed E-state index contributed by atoms with van der Waals surface area (Å²) in [5.74, 6) is -0.316. The zero-order valence-corrected chi connectivity index (χ0v) is 8.96. The van der Waals surface area contributed by atoms with Crippen molar-refractivity contribution < 1.29 is 9.90 Å². The minimum Gasteiger partial charge on any atom is -0.481 e. The number of carbonyl (C=O) groups is 1. The van der Waals surface area contributed by atoms with Gasteiger partial charge in [0.15, 0.2) is 0 Å². The molecule has 0 spiro atoms. The molecular weight excluding hydrogens is 232 g/mol. The van der Waals surface area contributed by atoms with Crippen molar-refractivity contribution in [1.29, 1.82) is 0 Å². The molecule has 0 bridgehead atoms. The number of aryl methyl sites for hydroxylation is 1. The Balaban J connectivity index is 2.05. The summed E-state index contributed by atoms with van der Waals surface area (Å²) in [5.41, 5.74) is 0.602. The molecule has 0 amide bonds. The summed E-state index contributed by atoms with van der Waals surface area (Å²) in [5, 5.41) is 25.2. The zero-order chi connectivity index (χ0) is 11.4. The van der Waals surface area contributed by atoms with Crippen LogP contribution in [-0.4, -0.2) is 40.9 Å². The van der Waals surface area contributed by atoms with E-state index in [2.05, 4.69) is 25.1 Å². The summed E-state index contributed by atoms with van der Waals surface area (Å²) in [6.07, 6.45) is 0.569. The van der Waals surface area contributed by atoms with E-state index >= 15 is 0 Å². The molecule has 2 aromatic rings. The van der Waals surface area contributed by atoms with Crippen LogP contribution in [0, 0.1) is 0 Å². The second kappa shape index (κ2) is 4.75. The Morgan fingerprint density at radius 3 is 3.06 bits per heavy atom. The lowest BCUT2D eigenvalue weighted by molar-refractivity contribution is -0.137. The molecule has 1 N–H and O–H groups in total. The second-order valence-electron chi connectivity index (χ2n) is 3.01. The molecule has 84 valence electrons. The molecule has 0 radical (unpaired) electrons. The standard InChI is InChI=1S/C7H8N6O2S/c14-6(15)2-1-3-13-7(9-10-11-13)5-4-16-12-8-5/h4H,1-3H2,(H,14,15). The second-order valence-corrected chi connectivity index (χ2v) is 3.62. The maximum atomic E-state index is 10.4. The molecule has 9 heteroatoms. The van der Waals surface area contributed by atoms with E-state index in [9.17, 15) is 4.79 Å². The number of aromatic nitrogens is 6. The Morgan fingerprint density at radius 2 is 2.38 bits per heavy atom. The number of carboxylic acids is 1. The van der Waals surface area contributed by atoms with Crippen molar-refractivity contribution in [3.05, 3.63) is 5.38 Å². The summed E-state index contributed by atoms with van der Waals surface area (Å²) < 4.78 is 5.24. The highest BCUT2D eigenvalue weighted by molar-refractivity contribution is 7.03. The van der Waals surface area contributed by atoms with Crippen molar-refractivity contribution in [2.45, 2.75) is 19.4 Å². The van der Waals surface area contributed by atoms with Gasteiger partial charge < -0.3 is 5.11 Å². The monoisotopic (exact) mass is 240 g/mol. The van der Waals surface area contributed by atoms with Gasteiger partial charge in [-0.3, -0.25) is 4.79 Å². The number of aliphatic carboxylic acids is 1. The van der Waals surface area contributed by atoms with Gasteiger partial charge in [0, 0.05) is 18.3 Å². The molecule has 16 heavy (non-hydrogen) atoms. The molecule has 0 unspecified atom stereocenters. The molecule has 8 nitrogen and oxygen atoms in total. The highest BCUT2D eigenvalue weighted by Crippen LogP contribution is 2.13. The van der Waals surface area contributed by atoms with Crippen molar-refractivity contribution in [1.82, 2.24) is 29.8 Å². The third-order valence-electron chi connectivity index (χ3n) is 1.88. The van der Waals surface area contributed by atoms with Crippen LogP contribution in [0.1, 0.15) is 12.8 Å². The smallest absolute Gasteiger partial charge is 0.303 e. The summed E-state index contributed by atoms with van der Waals surface area (Å²) in [7, 11) is 0.